The molecule has 1 saturated heterocycles. The predicted octanol–water partition coefficient (Wildman–Crippen LogP) is 4.84. The fourth-order valence-electron chi connectivity index (χ4n) is 2.18. The summed E-state index contributed by atoms with van der Waals surface area (Å²) in [4.78, 5) is 24.5. The number of amides is 1. The third-order valence-electron chi connectivity index (χ3n) is 3.51. The maximum Gasteiger partial charge on any atom is 0.323 e. The van der Waals surface area contributed by atoms with Crippen LogP contribution in [0.15, 0.2) is 53.0 Å². The highest BCUT2D eigenvalue weighted by molar-refractivity contribution is 8.26. The highest BCUT2D eigenvalue weighted by Crippen LogP contribution is 2.31. The quantitative estimate of drug-likeness (QED) is 0.260. The van der Waals surface area contributed by atoms with E-state index in [1.807, 2.05) is 31.2 Å². The van der Waals surface area contributed by atoms with Crippen LogP contribution in [-0.2, 0) is 20.9 Å². The van der Waals surface area contributed by atoms with Crippen LogP contribution in [0.5, 0.6) is 0 Å². The molecule has 1 aliphatic heterocycles. The molecule has 0 aromatic heterocycles. The minimum atomic E-state index is -1.10. The van der Waals surface area contributed by atoms with E-state index < -0.39 is 18.4 Å². The molecule has 1 aromatic rings. The number of nitrogens with zero attached hydrogens (tertiary/aromatic N) is 1. The monoisotopic (exact) mass is 457 g/mol. The molecular formula is C19H17Cl2NO4S2. The first kappa shape index (κ1) is 22.6. The highest BCUT2D eigenvalue weighted by Gasteiger charge is 2.33. The standard InChI is InChI=1S/C19H17Cl2NO4S2/c1-12(8-16-18(25)22(10-17(23)24)19(27)28-16)4-2-3-7-26-11-13-5-6-14(20)9-15(13)21/h2-6,8-9H,7,10-11H2,1H3,(H,23,24)/b3-2-,12-4+,16-8-. The smallest absolute Gasteiger partial charge is 0.323 e. The maximum absolute atomic E-state index is 12.2. The number of halogens is 2. The fourth-order valence-corrected chi connectivity index (χ4v) is 3.95. The Bertz CT molecular complexity index is 881. The van der Waals surface area contributed by atoms with Gasteiger partial charge in [-0.05, 0) is 36.3 Å². The topological polar surface area (TPSA) is 66.8 Å². The third-order valence-corrected chi connectivity index (χ3v) is 5.47. The molecule has 1 N–H and O–H groups in total. The van der Waals surface area contributed by atoms with E-state index in [9.17, 15) is 9.59 Å². The lowest BCUT2D eigenvalue weighted by Crippen LogP contribution is -2.33. The van der Waals surface area contributed by atoms with Gasteiger partial charge in [0, 0.05) is 10.0 Å². The van der Waals surface area contributed by atoms with Crippen LogP contribution in [0.3, 0.4) is 0 Å². The second-order valence-corrected chi connectivity index (χ2v) is 8.27. The average Bonchev–Trinajstić information content (AvgIpc) is 2.86. The number of ether oxygens (including phenoxy) is 1. The van der Waals surface area contributed by atoms with Gasteiger partial charge in [-0.2, -0.15) is 0 Å². The Kier molecular flexibility index (Phi) is 8.72. The van der Waals surface area contributed by atoms with Gasteiger partial charge in [-0.3, -0.25) is 14.5 Å². The lowest BCUT2D eigenvalue weighted by molar-refractivity contribution is -0.140. The van der Waals surface area contributed by atoms with Gasteiger partial charge in [-0.1, -0.05) is 71.5 Å². The van der Waals surface area contributed by atoms with Crippen molar-refractivity contribution in [3.8, 4) is 0 Å². The van der Waals surface area contributed by atoms with E-state index in [1.165, 1.54) is 0 Å². The van der Waals surface area contributed by atoms with E-state index in [4.69, 9.17) is 45.3 Å². The van der Waals surface area contributed by atoms with Crippen LogP contribution in [0.4, 0.5) is 0 Å². The number of allylic oxidation sites excluding steroid dienone is 4. The van der Waals surface area contributed by atoms with Crippen LogP contribution in [0.25, 0.3) is 0 Å². The first-order valence-corrected chi connectivity index (χ1v) is 10.1. The van der Waals surface area contributed by atoms with Crippen molar-refractivity contribution in [3.05, 3.63) is 68.6 Å². The number of carboxylic acids is 1. The van der Waals surface area contributed by atoms with Gasteiger partial charge in [-0.25, -0.2) is 0 Å². The van der Waals surface area contributed by atoms with Gasteiger partial charge < -0.3 is 9.84 Å². The Balaban J connectivity index is 1.85. The van der Waals surface area contributed by atoms with Crippen molar-refractivity contribution in [1.82, 2.24) is 4.90 Å². The molecular weight excluding hydrogens is 441 g/mol. The molecule has 0 aliphatic carbocycles. The number of carbonyl (C=O) groups is 2. The number of benzene rings is 1. The van der Waals surface area contributed by atoms with Crippen molar-refractivity contribution in [2.45, 2.75) is 13.5 Å². The molecule has 0 saturated carbocycles. The summed E-state index contributed by atoms with van der Waals surface area (Å²) >= 11 is 18.1. The van der Waals surface area contributed by atoms with Gasteiger partial charge in [0.1, 0.15) is 10.9 Å². The van der Waals surface area contributed by atoms with Gasteiger partial charge in [0.15, 0.2) is 0 Å². The van der Waals surface area contributed by atoms with Gasteiger partial charge in [0.05, 0.1) is 18.1 Å². The molecule has 148 valence electrons. The number of thioether (sulfide) groups is 1. The van der Waals surface area contributed by atoms with Crippen molar-refractivity contribution < 1.29 is 19.4 Å². The van der Waals surface area contributed by atoms with E-state index in [2.05, 4.69) is 0 Å². The third kappa shape index (κ3) is 6.76. The lowest BCUT2D eigenvalue weighted by atomic mass is 10.2. The van der Waals surface area contributed by atoms with Crippen LogP contribution in [-0.4, -0.2) is 39.4 Å². The van der Waals surface area contributed by atoms with Crippen molar-refractivity contribution >= 4 is 63.4 Å². The van der Waals surface area contributed by atoms with Gasteiger partial charge in [-0.15, -0.1) is 0 Å². The molecule has 1 fully saturated rings. The fraction of sp³-hybridized carbons (Fsp3) is 0.211. The molecule has 9 heteroatoms. The van der Waals surface area contributed by atoms with Crippen LogP contribution < -0.4 is 0 Å². The van der Waals surface area contributed by atoms with E-state index in [-0.39, 0.29) is 4.32 Å². The molecule has 1 amide bonds. The molecule has 2 rings (SSSR count). The Labute approximate surface area is 182 Å². The molecule has 0 unspecified atom stereocenters. The van der Waals surface area contributed by atoms with Crippen molar-refractivity contribution in [2.24, 2.45) is 0 Å². The second-order valence-electron chi connectivity index (χ2n) is 5.75. The average molecular weight is 458 g/mol. The number of hydrogen-bond acceptors (Lipinski definition) is 5. The molecule has 5 nitrogen and oxygen atoms in total. The zero-order chi connectivity index (χ0) is 20.7. The highest BCUT2D eigenvalue weighted by atomic mass is 35.5. The summed E-state index contributed by atoms with van der Waals surface area (Å²) in [5.41, 5.74) is 1.68. The Morgan fingerprint density at radius 2 is 2.14 bits per heavy atom. The normalized spacial score (nSPS) is 16.6. The molecule has 0 bridgehead atoms. The Hall–Kier alpha value is -1.64. The Morgan fingerprint density at radius 1 is 1.39 bits per heavy atom. The summed E-state index contributed by atoms with van der Waals surface area (Å²) in [6.45, 7) is 2.17. The minimum absolute atomic E-state index is 0.247. The molecule has 28 heavy (non-hydrogen) atoms. The summed E-state index contributed by atoms with van der Waals surface area (Å²) in [6.07, 6.45) is 7.15. The number of carboxylic acid groups (broad SMARTS) is 1. The minimum Gasteiger partial charge on any atom is -0.480 e. The van der Waals surface area contributed by atoms with Crippen LogP contribution >= 0.6 is 47.2 Å². The van der Waals surface area contributed by atoms with Crippen LogP contribution in [0.1, 0.15) is 12.5 Å². The number of hydrogen-bond donors (Lipinski definition) is 1. The molecule has 1 heterocycles. The summed E-state index contributed by atoms with van der Waals surface area (Å²) in [5, 5.41) is 9.98. The lowest BCUT2D eigenvalue weighted by Gasteiger charge is -2.10. The van der Waals surface area contributed by atoms with E-state index in [0.717, 1.165) is 27.8 Å². The number of rotatable bonds is 8. The molecule has 1 aliphatic rings. The second kappa shape index (κ2) is 10.8. The van der Waals surface area contributed by atoms with Crippen LogP contribution in [0.2, 0.25) is 10.0 Å². The summed E-state index contributed by atoms with van der Waals surface area (Å²) in [6, 6.07) is 5.25. The predicted molar refractivity (Wildman–Crippen MR) is 117 cm³/mol. The van der Waals surface area contributed by atoms with E-state index >= 15 is 0 Å². The Morgan fingerprint density at radius 3 is 2.82 bits per heavy atom. The van der Waals surface area contributed by atoms with Crippen molar-refractivity contribution in [1.29, 1.82) is 0 Å². The largest absolute Gasteiger partial charge is 0.480 e. The van der Waals surface area contributed by atoms with Crippen molar-refractivity contribution in [2.75, 3.05) is 13.2 Å². The molecule has 0 spiro atoms. The molecule has 0 atom stereocenters. The summed E-state index contributed by atoms with van der Waals surface area (Å²) < 4.78 is 5.79. The first-order chi connectivity index (χ1) is 13.3. The van der Waals surface area contributed by atoms with Gasteiger partial charge in [0.25, 0.3) is 5.91 Å². The molecule has 1 aromatic carbocycles. The van der Waals surface area contributed by atoms with Gasteiger partial charge in [0.2, 0.25) is 0 Å². The first-order valence-electron chi connectivity index (χ1n) is 8.10. The zero-order valence-electron chi connectivity index (χ0n) is 14.9. The summed E-state index contributed by atoms with van der Waals surface area (Å²) in [5.74, 6) is -1.50. The number of carbonyl (C=O) groups excluding carboxylic acids is 1. The zero-order valence-corrected chi connectivity index (χ0v) is 18.0. The summed E-state index contributed by atoms with van der Waals surface area (Å²) in [7, 11) is 0. The number of aliphatic carboxylic acids is 1. The van der Waals surface area contributed by atoms with Crippen molar-refractivity contribution in [3.63, 3.8) is 0 Å². The van der Waals surface area contributed by atoms with Gasteiger partial charge >= 0.3 is 5.97 Å². The van der Waals surface area contributed by atoms with E-state index in [1.54, 1.807) is 18.2 Å². The van der Waals surface area contributed by atoms with E-state index in [0.29, 0.717) is 28.2 Å². The SMILES string of the molecule is CC(/C=C1\SC(=S)N(CC(=O)O)C1=O)=C\C=C/COCc1ccc(Cl)cc1Cl. The molecule has 0 radical (unpaired) electrons. The van der Waals surface area contributed by atoms with Crippen LogP contribution in [0, 0.1) is 0 Å². The maximum atomic E-state index is 12.2. The number of thiocarbonyl (C=S) groups is 1.